The fourth-order valence-electron chi connectivity index (χ4n) is 3.75. The van der Waals surface area contributed by atoms with E-state index in [1.165, 1.54) is 0 Å². The third-order valence-corrected chi connectivity index (χ3v) is 5.61. The lowest BCUT2D eigenvalue weighted by molar-refractivity contribution is -0.115. The molecule has 0 saturated carbocycles. The molecule has 0 unspecified atom stereocenters. The van der Waals surface area contributed by atoms with E-state index in [1.807, 2.05) is 60.4 Å². The largest absolute Gasteiger partial charge is 0.449 e. The molecule has 1 saturated heterocycles. The van der Waals surface area contributed by atoms with Crippen LogP contribution in [0.2, 0.25) is 0 Å². The van der Waals surface area contributed by atoms with E-state index >= 15 is 0 Å². The minimum Gasteiger partial charge on any atom is -0.449 e. The average molecular weight is 390 g/mol. The summed E-state index contributed by atoms with van der Waals surface area (Å²) in [5.41, 5.74) is 3.16. The number of anilines is 1. The van der Waals surface area contributed by atoms with E-state index in [1.54, 1.807) is 0 Å². The monoisotopic (exact) mass is 390 g/mol. The number of nitrogens with one attached hydrogen (secondary N) is 1. The highest BCUT2D eigenvalue weighted by Crippen LogP contribution is 2.32. The zero-order chi connectivity index (χ0) is 20.4. The first-order valence-electron chi connectivity index (χ1n) is 10.2. The van der Waals surface area contributed by atoms with Gasteiger partial charge >= 0.3 is 0 Å². The number of piperidine rings is 1. The van der Waals surface area contributed by atoms with Crippen molar-refractivity contribution >= 4 is 28.5 Å². The van der Waals surface area contributed by atoms with Crippen molar-refractivity contribution in [3.8, 4) is 0 Å². The third-order valence-electron chi connectivity index (χ3n) is 5.61. The maximum absolute atomic E-state index is 13.2. The Labute approximate surface area is 170 Å². The summed E-state index contributed by atoms with van der Waals surface area (Å²) in [6, 6.07) is 15.3. The van der Waals surface area contributed by atoms with Crippen molar-refractivity contribution in [3.63, 3.8) is 0 Å². The van der Waals surface area contributed by atoms with Crippen LogP contribution in [0.25, 0.3) is 11.0 Å². The van der Waals surface area contributed by atoms with Crippen LogP contribution in [0.15, 0.2) is 52.9 Å². The molecule has 0 aliphatic carbocycles. The van der Waals surface area contributed by atoms with E-state index in [0.29, 0.717) is 30.3 Å². The standard InChI is InChI=1S/C24H26N2O3/c1-16-7-9-18(10-8-16)15-21(27)25-22-19-5-3-4-6-20(19)29-23(22)24(28)26-13-11-17(2)12-14-26/h3-10,17H,11-15H2,1-2H3,(H,25,27). The zero-order valence-electron chi connectivity index (χ0n) is 16.9. The number of furan rings is 1. The fraction of sp³-hybridized carbons (Fsp3) is 0.333. The predicted molar refractivity (Wildman–Crippen MR) is 114 cm³/mol. The van der Waals surface area contributed by atoms with Crippen LogP contribution >= 0.6 is 0 Å². The van der Waals surface area contributed by atoms with Crippen molar-refractivity contribution in [3.05, 3.63) is 65.4 Å². The molecule has 4 rings (SSSR count). The lowest BCUT2D eigenvalue weighted by Gasteiger charge is -2.29. The number of carbonyl (C=O) groups is 2. The van der Waals surface area contributed by atoms with Gasteiger partial charge in [0.2, 0.25) is 11.7 Å². The number of amides is 2. The maximum atomic E-state index is 13.2. The highest BCUT2D eigenvalue weighted by molar-refractivity contribution is 6.11. The molecule has 1 fully saturated rings. The van der Waals surface area contributed by atoms with E-state index in [0.717, 1.165) is 29.4 Å². The second-order valence-electron chi connectivity index (χ2n) is 7.99. The SMILES string of the molecule is Cc1ccc(CC(=O)Nc2c(C(=O)N3CCC(C)CC3)oc3ccccc23)cc1. The van der Waals surface area contributed by atoms with Crippen LogP contribution in [-0.4, -0.2) is 29.8 Å². The van der Waals surface area contributed by atoms with Crippen molar-refractivity contribution in [2.45, 2.75) is 33.1 Å². The maximum Gasteiger partial charge on any atom is 0.291 e. The smallest absolute Gasteiger partial charge is 0.291 e. The summed E-state index contributed by atoms with van der Waals surface area (Å²) in [6.07, 6.45) is 2.22. The topological polar surface area (TPSA) is 62.6 Å². The van der Waals surface area contributed by atoms with Gasteiger partial charge < -0.3 is 14.6 Å². The number of likely N-dealkylation sites (tertiary alicyclic amines) is 1. The molecule has 2 amide bonds. The van der Waals surface area contributed by atoms with Crippen LogP contribution in [0.5, 0.6) is 0 Å². The molecule has 5 heteroatoms. The van der Waals surface area contributed by atoms with Gasteiger partial charge in [0.25, 0.3) is 5.91 Å². The van der Waals surface area contributed by atoms with E-state index in [-0.39, 0.29) is 24.0 Å². The van der Waals surface area contributed by atoms with Crippen LogP contribution in [0.4, 0.5) is 5.69 Å². The Hall–Kier alpha value is -3.08. The Balaban J connectivity index is 1.60. The number of hydrogen-bond acceptors (Lipinski definition) is 3. The lowest BCUT2D eigenvalue weighted by Crippen LogP contribution is -2.38. The molecule has 2 heterocycles. The van der Waals surface area contributed by atoms with Crippen LogP contribution < -0.4 is 5.32 Å². The summed E-state index contributed by atoms with van der Waals surface area (Å²) in [6.45, 7) is 5.65. The number of carbonyl (C=O) groups excluding carboxylic acids is 2. The molecule has 0 atom stereocenters. The third kappa shape index (κ3) is 4.19. The van der Waals surface area contributed by atoms with Gasteiger partial charge in [0.05, 0.1) is 6.42 Å². The van der Waals surface area contributed by atoms with Crippen molar-refractivity contribution < 1.29 is 14.0 Å². The molecule has 29 heavy (non-hydrogen) atoms. The number of nitrogens with zero attached hydrogens (tertiary/aromatic N) is 1. The molecule has 5 nitrogen and oxygen atoms in total. The van der Waals surface area contributed by atoms with Gasteiger partial charge in [-0.2, -0.15) is 0 Å². The zero-order valence-corrected chi connectivity index (χ0v) is 16.9. The first kappa shape index (κ1) is 19.2. The molecule has 0 bridgehead atoms. The summed E-state index contributed by atoms with van der Waals surface area (Å²) in [5.74, 6) is 0.530. The Bertz CT molecular complexity index is 1030. The van der Waals surface area contributed by atoms with Gasteiger partial charge in [0, 0.05) is 18.5 Å². The first-order chi connectivity index (χ1) is 14.0. The van der Waals surface area contributed by atoms with Crippen molar-refractivity contribution in [1.82, 2.24) is 4.90 Å². The molecule has 2 aromatic carbocycles. The molecule has 1 N–H and O–H groups in total. The van der Waals surface area contributed by atoms with Gasteiger partial charge in [-0.05, 0) is 43.4 Å². The fourth-order valence-corrected chi connectivity index (χ4v) is 3.75. The molecule has 150 valence electrons. The number of aryl methyl sites for hydroxylation is 1. The highest BCUT2D eigenvalue weighted by Gasteiger charge is 2.28. The van der Waals surface area contributed by atoms with Crippen molar-refractivity contribution in [2.24, 2.45) is 5.92 Å². The molecule has 1 aromatic heterocycles. The summed E-state index contributed by atoms with van der Waals surface area (Å²) in [7, 11) is 0. The Morgan fingerprint density at radius 3 is 2.48 bits per heavy atom. The normalized spacial score (nSPS) is 14.9. The van der Waals surface area contributed by atoms with Crippen molar-refractivity contribution in [2.75, 3.05) is 18.4 Å². The van der Waals surface area contributed by atoms with Gasteiger partial charge in [-0.25, -0.2) is 0 Å². The average Bonchev–Trinajstić information content (AvgIpc) is 3.08. The first-order valence-corrected chi connectivity index (χ1v) is 10.2. The molecule has 0 spiro atoms. The summed E-state index contributed by atoms with van der Waals surface area (Å²) < 4.78 is 5.90. The summed E-state index contributed by atoms with van der Waals surface area (Å²) in [5, 5.41) is 3.69. The van der Waals surface area contributed by atoms with E-state index < -0.39 is 0 Å². The second kappa shape index (κ2) is 8.11. The molecule has 3 aromatic rings. The number of benzene rings is 2. The Morgan fingerprint density at radius 1 is 1.07 bits per heavy atom. The lowest BCUT2D eigenvalue weighted by atomic mass is 9.99. The van der Waals surface area contributed by atoms with Crippen LogP contribution in [-0.2, 0) is 11.2 Å². The van der Waals surface area contributed by atoms with Crippen LogP contribution in [0, 0.1) is 12.8 Å². The van der Waals surface area contributed by atoms with E-state index in [4.69, 9.17) is 4.42 Å². The summed E-state index contributed by atoms with van der Waals surface area (Å²) in [4.78, 5) is 27.7. The quantitative estimate of drug-likeness (QED) is 0.696. The number of rotatable bonds is 4. The van der Waals surface area contributed by atoms with Gasteiger partial charge in [-0.1, -0.05) is 48.9 Å². The molecule has 1 aliphatic heterocycles. The summed E-state index contributed by atoms with van der Waals surface area (Å²) >= 11 is 0. The molecular formula is C24H26N2O3. The van der Waals surface area contributed by atoms with Gasteiger partial charge in [-0.3, -0.25) is 9.59 Å². The minimum absolute atomic E-state index is 0.154. The molecule has 1 aliphatic rings. The Kier molecular flexibility index (Phi) is 5.38. The van der Waals surface area contributed by atoms with Crippen LogP contribution in [0.1, 0.15) is 41.4 Å². The molecular weight excluding hydrogens is 364 g/mol. The van der Waals surface area contributed by atoms with E-state index in [9.17, 15) is 9.59 Å². The number of hydrogen-bond donors (Lipinski definition) is 1. The van der Waals surface area contributed by atoms with Gasteiger partial charge in [0.15, 0.2) is 0 Å². The Morgan fingerprint density at radius 2 is 1.76 bits per heavy atom. The van der Waals surface area contributed by atoms with Crippen LogP contribution in [0.3, 0.4) is 0 Å². The number of para-hydroxylation sites is 1. The predicted octanol–water partition coefficient (Wildman–Crippen LogP) is 4.79. The molecule has 0 radical (unpaired) electrons. The second-order valence-corrected chi connectivity index (χ2v) is 7.99. The van der Waals surface area contributed by atoms with Crippen molar-refractivity contribution in [1.29, 1.82) is 0 Å². The number of fused-ring (bicyclic) bond motifs is 1. The van der Waals surface area contributed by atoms with Gasteiger partial charge in [0.1, 0.15) is 11.3 Å². The highest BCUT2D eigenvalue weighted by atomic mass is 16.3. The van der Waals surface area contributed by atoms with Gasteiger partial charge in [-0.15, -0.1) is 0 Å². The minimum atomic E-state index is -0.165. The van der Waals surface area contributed by atoms with E-state index in [2.05, 4.69) is 12.2 Å².